The van der Waals surface area contributed by atoms with Crippen molar-refractivity contribution in [2.75, 3.05) is 5.32 Å². The van der Waals surface area contributed by atoms with Gasteiger partial charge in [0.1, 0.15) is 5.52 Å². The molecular formula is C15H12N4O2. The molecule has 6 heteroatoms. The molecular weight excluding hydrogens is 268 g/mol. The fourth-order valence-electron chi connectivity index (χ4n) is 2.16. The summed E-state index contributed by atoms with van der Waals surface area (Å²) in [6.07, 6.45) is 5.11. The summed E-state index contributed by atoms with van der Waals surface area (Å²) >= 11 is 0. The van der Waals surface area contributed by atoms with Crippen molar-refractivity contribution in [1.82, 2.24) is 9.97 Å². The van der Waals surface area contributed by atoms with E-state index >= 15 is 0 Å². The highest BCUT2D eigenvalue weighted by Crippen LogP contribution is 2.29. The molecule has 1 N–H and O–H groups in total. The van der Waals surface area contributed by atoms with E-state index < -0.39 is 4.92 Å². The van der Waals surface area contributed by atoms with E-state index in [0.717, 1.165) is 11.3 Å². The number of fused-ring (bicyclic) bond motifs is 1. The molecule has 0 aliphatic carbocycles. The molecule has 0 radical (unpaired) electrons. The van der Waals surface area contributed by atoms with Gasteiger partial charge in [-0.1, -0.05) is 6.07 Å². The molecule has 2 heterocycles. The van der Waals surface area contributed by atoms with Gasteiger partial charge >= 0.3 is 0 Å². The fraction of sp³-hybridized carbons (Fsp3) is 0.0667. The largest absolute Gasteiger partial charge is 0.379 e. The number of nitrogens with one attached hydrogen (secondary N) is 1. The molecule has 0 bridgehead atoms. The SMILES string of the molecule is O=[N+]([O-])c1ccc(NCc2cccnc2)c2ncccc12. The first-order chi connectivity index (χ1) is 10.3. The van der Waals surface area contributed by atoms with E-state index in [1.807, 2.05) is 12.1 Å². The summed E-state index contributed by atoms with van der Waals surface area (Å²) in [6.45, 7) is 0.581. The van der Waals surface area contributed by atoms with Crippen molar-refractivity contribution in [2.45, 2.75) is 6.54 Å². The summed E-state index contributed by atoms with van der Waals surface area (Å²) in [7, 11) is 0. The van der Waals surface area contributed by atoms with Crippen molar-refractivity contribution in [3.05, 3.63) is 70.7 Å². The monoisotopic (exact) mass is 280 g/mol. The Balaban J connectivity index is 1.96. The predicted octanol–water partition coefficient (Wildman–Crippen LogP) is 3.15. The standard InChI is InChI=1S/C15H12N4O2/c20-19(21)14-6-5-13(15-12(14)4-2-8-17-15)18-10-11-3-1-7-16-9-11/h1-9,18H,10H2. The average molecular weight is 280 g/mol. The zero-order chi connectivity index (χ0) is 14.7. The minimum absolute atomic E-state index is 0.0602. The van der Waals surface area contributed by atoms with Crippen LogP contribution >= 0.6 is 0 Å². The molecule has 0 atom stereocenters. The number of non-ortho nitro benzene ring substituents is 1. The minimum atomic E-state index is -0.394. The topological polar surface area (TPSA) is 81.0 Å². The lowest BCUT2D eigenvalue weighted by Crippen LogP contribution is -2.01. The normalized spacial score (nSPS) is 10.5. The van der Waals surface area contributed by atoms with E-state index in [2.05, 4.69) is 15.3 Å². The van der Waals surface area contributed by atoms with Crippen LogP contribution in [0.25, 0.3) is 10.9 Å². The van der Waals surface area contributed by atoms with Crippen LogP contribution in [0.2, 0.25) is 0 Å². The Morgan fingerprint density at radius 1 is 1.14 bits per heavy atom. The Morgan fingerprint density at radius 3 is 2.76 bits per heavy atom. The lowest BCUT2D eigenvalue weighted by Gasteiger charge is -2.09. The maximum Gasteiger partial charge on any atom is 0.278 e. The molecule has 1 aromatic carbocycles. The lowest BCUT2D eigenvalue weighted by molar-refractivity contribution is -0.383. The summed E-state index contributed by atoms with van der Waals surface area (Å²) < 4.78 is 0. The molecule has 0 unspecified atom stereocenters. The van der Waals surface area contributed by atoms with E-state index in [-0.39, 0.29) is 5.69 Å². The molecule has 0 fully saturated rings. The van der Waals surface area contributed by atoms with E-state index in [1.54, 1.807) is 36.8 Å². The van der Waals surface area contributed by atoms with Gasteiger partial charge in [-0.2, -0.15) is 0 Å². The van der Waals surface area contributed by atoms with Gasteiger partial charge in [-0.15, -0.1) is 0 Å². The molecule has 0 saturated heterocycles. The van der Waals surface area contributed by atoms with Gasteiger partial charge < -0.3 is 5.32 Å². The first-order valence-corrected chi connectivity index (χ1v) is 6.40. The number of benzene rings is 1. The van der Waals surface area contributed by atoms with Crippen molar-refractivity contribution in [2.24, 2.45) is 0 Å². The second-order valence-corrected chi connectivity index (χ2v) is 4.50. The Bertz CT molecular complexity index is 790. The summed E-state index contributed by atoms with van der Waals surface area (Å²) in [6, 6.07) is 10.4. The lowest BCUT2D eigenvalue weighted by atomic mass is 10.1. The minimum Gasteiger partial charge on any atom is -0.379 e. The van der Waals surface area contributed by atoms with Gasteiger partial charge in [-0.3, -0.25) is 20.1 Å². The van der Waals surface area contributed by atoms with Crippen LogP contribution in [0, 0.1) is 10.1 Å². The maximum absolute atomic E-state index is 11.1. The third kappa shape index (κ3) is 2.64. The van der Waals surface area contributed by atoms with Gasteiger partial charge in [-0.25, -0.2) is 0 Å². The summed E-state index contributed by atoms with van der Waals surface area (Å²) in [5.74, 6) is 0. The van der Waals surface area contributed by atoms with Crippen LogP contribution in [-0.4, -0.2) is 14.9 Å². The third-order valence-corrected chi connectivity index (χ3v) is 3.15. The van der Waals surface area contributed by atoms with Crippen LogP contribution in [0.3, 0.4) is 0 Å². The van der Waals surface area contributed by atoms with Gasteiger partial charge in [-0.05, 0) is 29.8 Å². The van der Waals surface area contributed by atoms with Crippen LogP contribution in [0.4, 0.5) is 11.4 Å². The quantitative estimate of drug-likeness (QED) is 0.586. The van der Waals surface area contributed by atoms with E-state index in [1.165, 1.54) is 6.07 Å². The van der Waals surface area contributed by atoms with Crippen molar-refractivity contribution < 1.29 is 4.92 Å². The van der Waals surface area contributed by atoms with Gasteiger partial charge in [0, 0.05) is 31.2 Å². The number of hydrogen-bond acceptors (Lipinski definition) is 5. The number of pyridine rings is 2. The number of aromatic nitrogens is 2. The smallest absolute Gasteiger partial charge is 0.278 e. The molecule has 2 aromatic heterocycles. The van der Waals surface area contributed by atoms with E-state index in [0.29, 0.717) is 17.4 Å². The molecule has 6 nitrogen and oxygen atoms in total. The summed E-state index contributed by atoms with van der Waals surface area (Å²) in [4.78, 5) is 19.0. The number of nitro benzene ring substituents is 1. The van der Waals surface area contributed by atoms with Gasteiger partial charge in [0.15, 0.2) is 0 Å². The maximum atomic E-state index is 11.1. The Hall–Kier alpha value is -3.02. The Morgan fingerprint density at radius 2 is 2.00 bits per heavy atom. The average Bonchev–Trinajstić information content (AvgIpc) is 2.53. The van der Waals surface area contributed by atoms with Gasteiger partial charge in [0.2, 0.25) is 0 Å². The number of anilines is 1. The van der Waals surface area contributed by atoms with Crippen LogP contribution < -0.4 is 5.32 Å². The highest BCUT2D eigenvalue weighted by atomic mass is 16.6. The highest BCUT2D eigenvalue weighted by Gasteiger charge is 2.14. The fourth-order valence-corrected chi connectivity index (χ4v) is 2.16. The molecule has 3 rings (SSSR count). The molecule has 0 amide bonds. The molecule has 0 aliphatic heterocycles. The van der Waals surface area contributed by atoms with E-state index in [4.69, 9.17) is 0 Å². The molecule has 104 valence electrons. The summed E-state index contributed by atoms with van der Waals surface area (Å²) in [5.41, 5.74) is 2.45. The molecule has 0 aliphatic rings. The van der Waals surface area contributed by atoms with E-state index in [9.17, 15) is 10.1 Å². The number of nitrogens with zero attached hydrogens (tertiary/aromatic N) is 3. The zero-order valence-electron chi connectivity index (χ0n) is 11.1. The molecule has 21 heavy (non-hydrogen) atoms. The number of hydrogen-bond donors (Lipinski definition) is 1. The van der Waals surface area contributed by atoms with Crippen molar-refractivity contribution in [1.29, 1.82) is 0 Å². The molecule has 0 saturated carbocycles. The highest BCUT2D eigenvalue weighted by molar-refractivity contribution is 5.96. The third-order valence-electron chi connectivity index (χ3n) is 3.15. The molecule has 0 spiro atoms. The predicted molar refractivity (Wildman–Crippen MR) is 80.0 cm³/mol. The first kappa shape index (κ1) is 13.0. The Labute approximate surface area is 120 Å². The van der Waals surface area contributed by atoms with Crippen LogP contribution in [0.5, 0.6) is 0 Å². The summed E-state index contributed by atoms with van der Waals surface area (Å²) in [5, 5.41) is 14.8. The number of rotatable bonds is 4. The van der Waals surface area contributed by atoms with Crippen molar-refractivity contribution >= 4 is 22.3 Å². The van der Waals surface area contributed by atoms with Crippen LogP contribution in [0.15, 0.2) is 55.0 Å². The van der Waals surface area contributed by atoms with Crippen molar-refractivity contribution in [3.8, 4) is 0 Å². The van der Waals surface area contributed by atoms with Crippen LogP contribution in [0.1, 0.15) is 5.56 Å². The zero-order valence-corrected chi connectivity index (χ0v) is 11.1. The second-order valence-electron chi connectivity index (χ2n) is 4.50. The molecule has 3 aromatic rings. The van der Waals surface area contributed by atoms with Gasteiger partial charge in [0.05, 0.1) is 16.0 Å². The Kier molecular flexibility index (Phi) is 3.42. The van der Waals surface area contributed by atoms with Gasteiger partial charge in [0.25, 0.3) is 5.69 Å². The van der Waals surface area contributed by atoms with Crippen LogP contribution in [-0.2, 0) is 6.54 Å². The first-order valence-electron chi connectivity index (χ1n) is 6.40. The second kappa shape index (κ2) is 5.54. The number of nitro groups is 1. The van der Waals surface area contributed by atoms with Crippen molar-refractivity contribution in [3.63, 3.8) is 0 Å².